The molecule has 7 atom stereocenters. The second kappa shape index (κ2) is 9.03. The van der Waals surface area contributed by atoms with Crippen molar-refractivity contribution in [2.75, 3.05) is 13.2 Å². The van der Waals surface area contributed by atoms with Gasteiger partial charge in [0.1, 0.15) is 11.7 Å². The summed E-state index contributed by atoms with van der Waals surface area (Å²) in [7, 11) is 0. The number of hydrogen-bond donors (Lipinski definition) is 4. The molecule has 3 aliphatic carbocycles. The number of nitrogens with two attached hydrogens (primary N) is 2. The molecule has 6 aliphatic rings. The Bertz CT molecular complexity index is 685. The number of piperidine rings is 1. The second-order valence-electron chi connectivity index (χ2n) is 14.0. The van der Waals surface area contributed by atoms with Crippen molar-refractivity contribution in [1.82, 2.24) is 0 Å². The molecule has 2 unspecified atom stereocenters. The van der Waals surface area contributed by atoms with Gasteiger partial charge in [-0.25, -0.2) is 0 Å². The van der Waals surface area contributed by atoms with Crippen molar-refractivity contribution in [2.24, 2.45) is 34.8 Å². The SMILES string of the molecule is CC1(C)O[C@@]2([C@@H]3C[C@H](CC4CCC(N)[NH2+]C4)CC4(CCCC4)C3)CC[C@H]1[C@]([NH3+])(CCCO)C2. The minimum atomic E-state index is -0.0992. The Hall–Kier alpha value is -0.200. The Balaban J connectivity index is 1.39. The van der Waals surface area contributed by atoms with E-state index in [1.807, 2.05) is 0 Å². The maximum Gasteiger partial charge on any atom is 0.137 e. The predicted octanol–water partition coefficient (Wildman–Crippen LogP) is 2.71. The lowest BCUT2D eigenvalue weighted by Crippen LogP contribution is -2.95. The van der Waals surface area contributed by atoms with E-state index in [-0.39, 0.29) is 23.3 Å². The molecule has 3 saturated heterocycles. The first-order valence-corrected chi connectivity index (χ1v) is 14.4. The Morgan fingerprint density at radius 3 is 2.52 bits per heavy atom. The van der Waals surface area contributed by atoms with Crippen LogP contribution in [0, 0.1) is 29.1 Å². The summed E-state index contributed by atoms with van der Waals surface area (Å²) in [5, 5.41) is 12.0. The molecule has 0 amide bonds. The van der Waals surface area contributed by atoms with Crippen molar-refractivity contribution >= 4 is 0 Å². The third-order valence-electron chi connectivity index (χ3n) is 11.2. The van der Waals surface area contributed by atoms with E-state index in [2.05, 4.69) is 19.2 Å². The fourth-order valence-corrected chi connectivity index (χ4v) is 10.0. The summed E-state index contributed by atoms with van der Waals surface area (Å²) in [6.07, 6.45) is 19.8. The summed E-state index contributed by atoms with van der Waals surface area (Å²) in [6, 6.07) is 0. The molecule has 1 spiro atoms. The third-order valence-corrected chi connectivity index (χ3v) is 11.2. The van der Waals surface area contributed by atoms with Crippen molar-refractivity contribution in [3.63, 3.8) is 0 Å². The van der Waals surface area contributed by atoms with Gasteiger partial charge in [0.05, 0.1) is 17.7 Å². The molecule has 0 aromatic heterocycles. The van der Waals surface area contributed by atoms with E-state index >= 15 is 0 Å². The van der Waals surface area contributed by atoms with Crippen LogP contribution in [-0.4, -0.2) is 41.2 Å². The van der Waals surface area contributed by atoms with Crippen LogP contribution in [0.3, 0.4) is 0 Å². The molecule has 2 bridgehead atoms. The van der Waals surface area contributed by atoms with Crippen molar-refractivity contribution in [3.05, 3.63) is 0 Å². The van der Waals surface area contributed by atoms with Gasteiger partial charge < -0.3 is 20.9 Å². The summed E-state index contributed by atoms with van der Waals surface area (Å²) in [5.74, 6) is 2.90. The van der Waals surface area contributed by atoms with Gasteiger partial charge in [0.25, 0.3) is 0 Å². The lowest BCUT2D eigenvalue weighted by molar-refractivity contribution is -0.703. The molecular weight excluding hydrogens is 410 g/mol. The fraction of sp³-hybridized carbons (Fsp3) is 1.00. The van der Waals surface area contributed by atoms with E-state index in [0.29, 0.717) is 23.4 Å². The van der Waals surface area contributed by atoms with Crippen LogP contribution in [0.25, 0.3) is 0 Å². The van der Waals surface area contributed by atoms with Gasteiger partial charge in [0.15, 0.2) is 0 Å². The molecule has 5 nitrogen and oxygen atoms in total. The van der Waals surface area contributed by atoms with Gasteiger partial charge in [-0.05, 0) is 95.3 Å². The summed E-state index contributed by atoms with van der Waals surface area (Å²) in [4.78, 5) is 0. The normalized spacial score (nSPS) is 46.6. The lowest BCUT2D eigenvalue weighted by atomic mass is 9.50. The molecule has 5 heteroatoms. The van der Waals surface area contributed by atoms with E-state index in [1.165, 1.54) is 83.6 Å². The Morgan fingerprint density at radius 1 is 1.06 bits per heavy atom. The van der Waals surface area contributed by atoms with Crippen LogP contribution >= 0.6 is 0 Å². The highest BCUT2D eigenvalue weighted by molar-refractivity contribution is 5.14. The molecule has 0 radical (unpaired) electrons. The van der Waals surface area contributed by atoms with Crippen molar-refractivity contribution in [2.45, 2.75) is 133 Å². The Labute approximate surface area is 202 Å². The highest BCUT2D eigenvalue weighted by Gasteiger charge is 2.66. The van der Waals surface area contributed by atoms with Crippen LogP contribution in [0.5, 0.6) is 0 Å². The van der Waals surface area contributed by atoms with E-state index in [4.69, 9.17) is 16.2 Å². The fourth-order valence-electron chi connectivity index (χ4n) is 10.0. The predicted molar refractivity (Wildman–Crippen MR) is 131 cm³/mol. The largest absolute Gasteiger partial charge is 0.396 e. The number of rotatable bonds is 6. The van der Waals surface area contributed by atoms with Crippen LogP contribution in [0.2, 0.25) is 0 Å². The summed E-state index contributed by atoms with van der Waals surface area (Å²) >= 11 is 0. The molecule has 0 aromatic carbocycles. The van der Waals surface area contributed by atoms with Gasteiger partial charge in [-0.2, -0.15) is 0 Å². The standard InChI is InChI=1S/C28H51N3O2/c1-25(2)23-8-12-28(33-25,19-27(23,30)11-5-13-32)22-15-21(14-20-6-7-24(29)31-18-20)16-26(17-22)9-3-4-10-26/h20-24,31-32H,3-19,29-30H2,1-2H3/p+2/t20?,21-,22+,23+,24?,27-,28-/m0/s1. The zero-order valence-electron chi connectivity index (χ0n) is 21.6. The van der Waals surface area contributed by atoms with Crippen LogP contribution in [0.1, 0.15) is 110 Å². The average molecular weight is 464 g/mol. The topological polar surface area (TPSA) is 99.7 Å². The van der Waals surface area contributed by atoms with Crippen LogP contribution in [0.15, 0.2) is 0 Å². The molecule has 33 heavy (non-hydrogen) atoms. The Morgan fingerprint density at radius 2 is 1.85 bits per heavy atom. The van der Waals surface area contributed by atoms with E-state index in [1.54, 1.807) is 0 Å². The molecule has 190 valence electrons. The first kappa shape index (κ1) is 24.5. The Kier molecular flexibility index (Phi) is 6.70. The molecule has 3 saturated carbocycles. The van der Waals surface area contributed by atoms with Crippen LogP contribution in [0.4, 0.5) is 0 Å². The number of quaternary nitrogens is 2. The van der Waals surface area contributed by atoms with Gasteiger partial charge >= 0.3 is 0 Å². The monoisotopic (exact) mass is 463 g/mol. The minimum Gasteiger partial charge on any atom is -0.396 e. The smallest absolute Gasteiger partial charge is 0.137 e. The summed E-state index contributed by atoms with van der Waals surface area (Å²) in [6.45, 7) is 6.20. The van der Waals surface area contributed by atoms with Crippen molar-refractivity contribution in [3.8, 4) is 0 Å². The molecule has 0 aromatic rings. The third kappa shape index (κ3) is 4.67. The van der Waals surface area contributed by atoms with Crippen molar-refractivity contribution < 1.29 is 20.9 Å². The van der Waals surface area contributed by atoms with Crippen molar-refractivity contribution in [1.29, 1.82) is 0 Å². The van der Waals surface area contributed by atoms with Gasteiger partial charge in [-0.1, -0.05) is 12.8 Å². The number of ether oxygens (including phenoxy) is 1. The zero-order chi connectivity index (χ0) is 23.3. The second-order valence-corrected chi connectivity index (χ2v) is 14.0. The molecular formula is C28H53N3O2+2. The van der Waals surface area contributed by atoms with Gasteiger partial charge in [0, 0.05) is 37.7 Å². The van der Waals surface area contributed by atoms with Gasteiger partial charge in [-0.3, -0.25) is 5.73 Å². The first-order valence-electron chi connectivity index (χ1n) is 14.4. The maximum absolute atomic E-state index is 9.60. The van der Waals surface area contributed by atoms with E-state index in [0.717, 1.165) is 31.1 Å². The molecule has 8 N–H and O–H groups in total. The maximum atomic E-state index is 9.60. The highest BCUT2D eigenvalue weighted by Crippen LogP contribution is 2.63. The number of fused-ring (bicyclic) bond motifs is 3. The zero-order valence-corrected chi connectivity index (χ0v) is 21.6. The number of hydrogen-bond acceptors (Lipinski definition) is 3. The van der Waals surface area contributed by atoms with E-state index in [9.17, 15) is 5.11 Å². The minimum absolute atomic E-state index is 0.00472. The summed E-state index contributed by atoms with van der Waals surface area (Å²) in [5.41, 5.74) is 11.6. The average Bonchev–Trinajstić information content (AvgIpc) is 3.20. The van der Waals surface area contributed by atoms with Crippen LogP contribution < -0.4 is 16.8 Å². The molecule has 6 rings (SSSR count). The first-order chi connectivity index (χ1) is 15.7. The molecule has 3 heterocycles. The van der Waals surface area contributed by atoms with Crippen LogP contribution in [-0.2, 0) is 4.74 Å². The number of aliphatic hydroxyl groups excluding tert-OH is 1. The molecule has 3 aliphatic heterocycles. The van der Waals surface area contributed by atoms with Gasteiger partial charge in [-0.15, -0.1) is 0 Å². The number of aliphatic hydroxyl groups is 1. The molecule has 6 fully saturated rings. The highest BCUT2D eigenvalue weighted by atomic mass is 16.5. The van der Waals surface area contributed by atoms with Gasteiger partial charge in [0.2, 0.25) is 0 Å². The lowest BCUT2D eigenvalue weighted by Gasteiger charge is -2.64. The quantitative estimate of drug-likeness (QED) is 0.487. The summed E-state index contributed by atoms with van der Waals surface area (Å²) < 4.78 is 7.21. The van der Waals surface area contributed by atoms with E-state index < -0.39 is 0 Å².